The molecular weight excluding hydrogens is 769 g/mol. The number of allylic oxidation sites excluding steroid dienone is 8. The first-order valence-corrected chi connectivity index (χ1v) is 26.6. The molecule has 0 fully saturated rings. The predicted octanol–water partition coefficient (Wildman–Crippen LogP) is 17.5. The highest BCUT2D eigenvalue weighted by Gasteiger charge is 2.19. The van der Waals surface area contributed by atoms with Crippen molar-refractivity contribution in [3.05, 3.63) is 48.6 Å². The fraction of sp³-hybridized carbons (Fsp3) is 0.804. The molecule has 6 nitrogen and oxygen atoms in total. The molecule has 0 aliphatic rings. The van der Waals surface area contributed by atoms with Crippen molar-refractivity contribution >= 4 is 17.9 Å². The Morgan fingerprint density at radius 3 is 1.00 bits per heavy atom. The normalized spacial score (nSPS) is 12.4. The number of esters is 3. The van der Waals surface area contributed by atoms with Crippen LogP contribution in [-0.2, 0) is 28.6 Å². The Bertz CT molecular complexity index is 1090. The summed E-state index contributed by atoms with van der Waals surface area (Å²) in [5.41, 5.74) is 0. The molecule has 62 heavy (non-hydrogen) atoms. The smallest absolute Gasteiger partial charge is 0.306 e. The van der Waals surface area contributed by atoms with Crippen molar-refractivity contribution in [2.75, 3.05) is 13.2 Å². The second-order valence-electron chi connectivity index (χ2n) is 17.8. The lowest BCUT2D eigenvalue weighted by molar-refractivity contribution is -0.167. The summed E-state index contributed by atoms with van der Waals surface area (Å²) in [4.78, 5) is 38.0. The van der Waals surface area contributed by atoms with Crippen molar-refractivity contribution < 1.29 is 28.6 Å². The Kier molecular flexibility index (Phi) is 48.8. The van der Waals surface area contributed by atoms with Gasteiger partial charge in [-0.2, -0.15) is 0 Å². The quantitative estimate of drug-likeness (QED) is 0.0262. The van der Waals surface area contributed by atoms with E-state index in [0.717, 1.165) is 109 Å². The lowest BCUT2D eigenvalue weighted by Crippen LogP contribution is -2.30. The van der Waals surface area contributed by atoms with E-state index in [-0.39, 0.29) is 31.1 Å². The minimum atomic E-state index is -0.781. The van der Waals surface area contributed by atoms with Crippen LogP contribution in [0.4, 0.5) is 0 Å². The molecule has 0 spiro atoms. The predicted molar refractivity (Wildman–Crippen MR) is 265 cm³/mol. The summed E-state index contributed by atoms with van der Waals surface area (Å²) >= 11 is 0. The summed E-state index contributed by atoms with van der Waals surface area (Å²) in [6, 6.07) is 0. The van der Waals surface area contributed by atoms with Crippen LogP contribution in [0, 0.1) is 0 Å². The second kappa shape index (κ2) is 51.0. The highest BCUT2D eigenvalue weighted by molar-refractivity contribution is 5.71. The Morgan fingerprint density at radius 1 is 0.339 bits per heavy atom. The van der Waals surface area contributed by atoms with Crippen molar-refractivity contribution in [3.63, 3.8) is 0 Å². The molecule has 0 bridgehead atoms. The van der Waals surface area contributed by atoms with E-state index in [4.69, 9.17) is 14.2 Å². The monoisotopic (exact) mass is 869 g/mol. The van der Waals surface area contributed by atoms with Crippen LogP contribution in [0.5, 0.6) is 0 Å². The number of ether oxygens (including phenoxy) is 3. The zero-order valence-corrected chi connectivity index (χ0v) is 41.1. The van der Waals surface area contributed by atoms with Crippen LogP contribution in [0.3, 0.4) is 0 Å². The van der Waals surface area contributed by atoms with E-state index in [1.54, 1.807) is 0 Å². The number of hydrogen-bond donors (Lipinski definition) is 0. The standard InChI is InChI=1S/C56H100O6/c1-4-7-10-13-16-19-22-25-28-31-34-37-40-43-46-49-55(58)61-52-53(51-60-54(57)48-45-42-39-36-33-30-27-24-21-18-15-12-9-6-3)62-56(59)50-47-44-41-38-35-32-29-26-23-20-17-14-11-8-5-2/h7,10,16,19,25-26,28-29,53H,4-6,8-9,11-15,17-18,20-24,27,30-52H2,1-3H3/b10-7-,19-16-,28-25-,29-26-/t53-/m1/s1. The average Bonchev–Trinajstić information content (AvgIpc) is 3.27. The van der Waals surface area contributed by atoms with Gasteiger partial charge in [-0.3, -0.25) is 14.4 Å². The van der Waals surface area contributed by atoms with Gasteiger partial charge in [0.2, 0.25) is 0 Å². The van der Waals surface area contributed by atoms with Gasteiger partial charge in [0.05, 0.1) is 0 Å². The van der Waals surface area contributed by atoms with E-state index < -0.39 is 6.10 Å². The van der Waals surface area contributed by atoms with Gasteiger partial charge >= 0.3 is 17.9 Å². The topological polar surface area (TPSA) is 78.9 Å². The molecular formula is C56H100O6. The highest BCUT2D eigenvalue weighted by Crippen LogP contribution is 2.15. The first kappa shape index (κ1) is 59.4. The summed E-state index contributed by atoms with van der Waals surface area (Å²) in [6.45, 7) is 6.52. The largest absolute Gasteiger partial charge is 0.462 e. The van der Waals surface area contributed by atoms with E-state index >= 15 is 0 Å². The molecule has 0 unspecified atom stereocenters. The number of hydrogen-bond acceptors (Lipinski definition) is 6. The molecule has 0 saturated heterocycles. The average molecular weight is 869 g/mol. The van der Waals surface area contributed by atoms with Gasteiger partial charge in [0.1, 0.15) is 13.2 Å². The Labute approximate surface area is 384 Å². The lowest BCUT2D eigenvalue weighted by Gasteiger charge is -2.18. The fourth-order valence-corrected chi connectivity index (χ4v) is 7.57. The molecule has 0 heterocycles. The van der Waals surface area contributed by atoms with Crippen LogP contribution in [-0.4, -0.2) is 37.2 Å². The molecule has 0 saturated carbocycles. The number of carbonyl (C=O) groups excluding carboxylic acids is 3. The van der Waals surface area contributed by atoms with Crippen LogP contribution in [0.15, 0.2) is 48.6 Å². The molecule has 0 rings (SSSR count). The van der Waals surface area contributed by atoms with Gasteiger partial charge in [-0.15, -0.1) is 0 Å². The molecule has 0 aliphatic carbocycles. The summed E-state index contributed by atoms with van der Waals surface area (Å²) in [7, 11) is 0. The summed E-state index contributed by atoms with van der Waals surface area (Å²) in [5.74, 6) is -0.896. The number of carbonyl (C=O) groups is 3. The lowest BCUT2D eigenvalue weighted by atomic mass is 10.0. The van der Waals surface area contributed by atoms with Crippen LogP contribution in [0.25, 0.3) is 0 Å². The van der Waals surface area contributed by atoms with Gasteiger partial charge in [0, 0.05) is 19.3 Å². The molecule has 0 aromatic rings. The zero-order chi connectivity index (χ0) is 45.1. The Morgan fingerprint density at radius 2 is 0.629 bits per heavy atom. The Balaban J connectivity index is 4.40. The third-order valence-electron chi connectivity index (χ3n) is 11.6. The van der Waals surface area contributed by atoms with Gasteiger partial charge in [0.25, 0.3) is 0 Å². The number of unbranched alkanes of at least 4 members (excludes halogenated alkanes) is 29. The molecule has 0 N–H and O–H groups in total. The zero-order valence-electron chi connectivity index (χ0n) is 41.1. The number of rotatable bonds is 48. The third kappa shape index (κ3) is 48.4. The maximum atomic E-state index is 12.8. The Hall–Kier alpha value is -2.63. The van der Waals surface area contributed by atoms with Crippen molar-refractivity contribution in [1.82, 2.24) is 0 Å². The summed E-state index contributed by atoms with van der Waals surface area (Å²) < 4.78 is 16.8. The van der Waals surface area contributed by atoms with Gasteiger partial charge in [-0.25, -0.2) is 0 Å². The molecule has 0 aromatic carbocycles. The van der Waals surface area contributed by atoms with Crippen LogP contribution in [0.2, 0.25) is 0 Å². The van der Waals surface area contributed by atoms with Crippen molar-refractivity contribution in [3.8, 4) is 0 Å². The molecule has 0 aliphatic heterocycles. The maximum Gasteiger partial charge on any atom is 0.306 e. The van der Waals surface area contributed by atoms with Gasteiger partial charge in [-0.1, -0.05) is 223 Å². The van der Waals surface area contributed by atoms with Crippen molar-refractivity contribution in [2.45, 2.75) is 277 Å². The van der Waals surface area contributed by atoms with E-state index in [0.29, 0.717) is 19.3 Å². The fourth-order valence-electron chi connectivity index (χ4n) is 7.57. The third-order valence-corrected chi connectivity index (χ3v) is 11.6. The molecule has 0 aromatic heterocycles. The summed E-state index contributed by atoms with van der Waals surface area (Å²) in [6.07, 6.45) is 60.9. The van der Waals surface area contributed by atoms with Crippen LogP contribution in [0.1, 0.15) is 271 Å². The highest BCUT2D eigenvalue weighted by atomic mass is 16.6. The first-order chi connectivity index (χ1) is 30.5. The van der Waals surface area contributed by atoms with E-state index in [1.165, 1.54) is 122 Å². The SMILES string of the molecule is CC/C=C\C/C=C\C/C=C\CCCCCCCC(=O)OC[C@@H](COC(=O)CCCCCCCCCCCCCCCC)OC(=O)CCCCCCC/C=C\CCCCCCCC. The molecule has 6 heteroatoms. The van der Waals surface area contributed by atoms with Crippen molar-refractivity contribution in [2.24, 2.45) is 0 Å². The molecule has 0 amide bonds. The first-order valence-electron chi connectivity index (χ1n) is 26.6. The maximum absolute atomic E-state index is 12.8. The van der Waals surface area contributed by atoms with Crippen molar-refractivity contribution in [1.29, 1.82) is 0 Å². The van der Waals surface area contributed by atoms with E-state index in [2.05, 4.69) is 69.4 Å². The second-order valence-corrected chi connectivity index (χ2v) is 17.8. The minimum Gasteiger partial charge on any atom is -0.462 e. The molecule has 360 valence electrons. The van der Waals surface area contributed by atoms with E-state index in [9.17, 15) is 14.4 Å². The van der Waals surface area contributed by atoms with E-state index in [1.807, 2.05) is 0 Å². The van der Waals surface area contributed by atoms with Gasteiger partial charge < -0.3 is 14.2 Å². The van der Waals surface area contributed by atoms with Crippen LogP contribution < -0.4 is 0 Å². The minimum absolute atomic E-state index is 0.0795. The van der Waals surface area contributed by atoms with Gasteiger partial charge in [-0.05, 0) is 77.0 Å². The molecule has 0 radical (unpaired) electrons. The van der Waals surface area contributed by atoms with Gasteiger partial charge in [0.15, 0.2) is 6.10 Å². The molecule has 1 atom stereocenters. The summed E-state index contributed by atoms with van der Waals surface area (Å²) in [5, 5.41) is 0. The van der Waals surface area contributed by atoms with Crippen LogP contribution >= 0.6 is 0 Å².